The molecule has 0 amide bonds. The number of allylic oxidation sites excluding steroid dienone is 2. The second kappa shape index (κ2) is 7.54. The van der Waals surface area contributed by atoms with Crippen molar-refractivity contribution in [2.75, 3.05) is 0 Å². The molecule has 1 saturated carbocycles. The lowest BCUT2D eigenvalue weighted by Crippen LogP contribution is -2.46. The highest BCUT2D eigenvalue weighted by Gasteiger charge is 2.60. The van der Waals surface area contributed by atoms with E-state index >= 15 is 0 Å². The van der Waals surface area contributed by atoms with Gasteiger partial charge >= 0.3 is 5.97 Å². The number of ketones is 2. The van der Waals surface area contributed by atoms with Gasteiger partial charge in [0.15, 0.2) is 5.78 Å². The summed E-state index contributed by atoms with van der Waals surface area (Å²) in [5.41, 5.74) is -0.711. The summed E-state index contributed by atoms with van der Waals surface area (Å²) in [5.74, 6) is -2.65. The van der Waals surface area contributed by atoms with Gasteiger partial charge in [0.2, 0.25) is 0 Å². The van der Waals surface area contributed by atoms with Gasteiger partial charge < -0.3 is 9.84 Å². The first-order chi connectivity index (χ1) is 12.1. The van der Waals surface area contributed by atoms with Crippen molar-refractivity contribution in [1.82, 2.24) is 0 Å². The van der Waals surface area contributed by atoms with Crippen LogP contribution in [-0.2, 0) is 14.3 Å². The maximum absolute atomic E-state index is 12.5. The van der Waals surface area contributed by atoms with Gasteiger partial charge in [-0.2, -0.15) is 0 Å². The van der Waals surface area contributed by atoms with Gasteiger partial charge in [0.1, 0.15) is 17.5 Å². The summed E-state index contributed by atoms with van der Waals surface area (Å²) in [4.78, 5) is 36.9. The summed E-state index contributed by atoms with van der Waals surface area (Å²) in [6.07, 6.45) is 0.778. The number of Topliss-reactive ketones (excluding diaryl/α,β-unsaturated/α-hetero) is 2. The fraction of sp³-hybridized carbons (Fsp3) is 0.476. The van der Waals surface area contributed by atoms with E-state index in [2.05, 4.69) is 0 Å². The number of benzene rings is 1. The van der Waals surface area contributed by atoms with E-state index in [1.807, 2.05) is 0 Å². The molecule has 0 aliphatic heterocycles. The second-order valence-electron chi connectivity index (χ2n) is 7.19. The van der Waals surface area contributed by atoms with Crippen LogP contribution in [0, 0.1) is 17.8 Å². The zero-order chi connectivity index (χ0) is 19.6. The lowest BCUT2D eigenvalue weighted by Gasteiger charge is -2.31. The Kier molecular flexibility index (Phi) is 5.81. The SMILES string of the molecule is C/C=C(/C(C)=O)[C@H]1[C@H](C)[C@H](OC(=O)c2ccccc2)[C@](C)(O)[C@H]1C(C)=O. The third-order valence-corrected chi connectivity index (χ3v) is 5.37. The molecule has 0 saturated heterocycles. The Balaban J connectivity index is 2.42. The molecule has 0 heterocycles. The summed E-state index contributed by atoms with van der Waals surface area (Å²) >= 11 is 0. The quantitative estimate of drug-likeness (QED) is 0.646. The van der Waals surface area contributed by atoms with E-state index in [9.17, 15) is 19.5 Å². The predicted molar refractivity (Wildman–Crippen MR) is 97.5 cm³/mol. The molecule has 5 nitrogen and oxygen atoms in total. The van der Waals surface area contributed by atoms with Crippen molar-refractivity contribution in [3.05, 3.63) is 47.5 Å². The van der Waals surface area contributed by atoms with Crippen LogP contribution >= 0.6 is 0 Å². The Morgan fingerprint density at radius 3 is 2.19 bits per heavy atom. The largest absolute Gasteiger partial charge is 0.455 e. The van der Waals surface area contributed by atoms with Crippen molar-refractivity contribution in [2.45, 2.75) is 46.3 Å². The molecular weight excluding hydrogens is 332 g/mol. The molecular formula is C21H26O5. The highest BCUT2D eigenvalue weighted by molar-refractivity contribution is 5.95. The van der Waals surface area contributed by atoms with Gasteiger partial charge in [-0.3, -0.25) is 9.59 Å². The molecule has 26 heavy (non-hydrogen) atoms. The zero-order valence-corrected chi connectivity index (χ0v) is 15.9. The number of esters is 1. The smallest absolute Gasteiger partial charge is 0.338 e. The molecule has 1 aliphatic carbocycles. The minimum atomic E-state index is -1.57. The molecule has 0 unspecified atom stereocenters. The van der Waals surface area contributed by atoms with Crippen LogP contribution in [0.1, 0.15) is 45.0 Å². The summed E-state index contributed by atoms with van der Waals surface area (Å²) in [7, 11) is 0. The highest BCUT2D eigenvalue weighted by atomic mass is 16.6. The zero-order valence-electron chi connectivity index (χ0n) is 15.9. The van der Waals surface area contributed by atoms with Crippen LogP contribution in [0.2, 0.25) is 0 Å². The van der Waals surface area contributed by atoms with Crippen LogP contribution < -0.4 is 0 Å². The van der Waals surface area contributed by atoms with Crippen LogP contribution in [0.15, 0.2) is 42.0 Å². The molecule has 5 heteroatoms. The van der Waals surface area contributed by atoms with E-state index < -0.39 is 29.5 Å². The molecule has 1 fully saturated rings. The molecule has 1 aromatic carbocycles. The van der Waals surface area contributed by atoms with Gasteiger partial charge in [0.05, 0.1) is 11.5 Å². The molecule has 1 aromatic rings. The summed E-state index contributed by atoms with van der Waals surface area (Å²) < 4.78 is 5.63. The number of rotatable bonds is 5. The van der Waals surface area contributed by atoms with Crippen molar-refractivity contribution < 1.29 is 24.2 Å². The normalized spacial score (nSPS) is 31.5. The van der Waals surface area contributed by atoms with E-state index in [1.165, 1.54) is 20.8 Å². The topological polar surface area (TPSA) is 80.7 Å². The van der Waals surface area contributed by atoms with Gasteiger partial charge in [0, 0.05) is 11.8 Å². The average Bonchev–Trinajstić information content (AvgIpc) is 2.76. The molecule has 140 valence electrons. The first kappa shape index (κ1) is 20.0. The molecule has 0 bridgehead atoms. The van der Waals surface area contributed by atoms with Crippen molar-refractivity contribution in [3.63, 3.8) is 0 Å². The molecule has 0 spiro atoms. The molecule has 2 rings (SSSR count). The molecule has 0 radical (unpaired) electrons. The lowest BCUT2D eigenvalue weighted by atomic mass is 9.77. The Hall–Kier alpha value is -2.27. The molecule has 1 aliphatic rings. The Morgan fingerprint density at radius 2 is 1.73 bits per heavy atom. The van der Waals surface area contributed by atoms with Crippen molar-refractivity contribution in [1.29, 1.82) is 0 Å². The van der Waals surface area contributed by atoms with Gasteiger partial charge in [-0.1, -0.05) is 31.2 Å². The fourth-order valence-electron chi connectivity index (χ4n) is 4.31. The van der Waals surface area contributed by atoms with E-state index in [0.29, 0.717) is 11.1 Å². The Morgan fingerprint density at radius 1 is 1.15 bits per heavy atom. The van der Waals surface area contributed by atoms with Crippen molar-refractivity contribution >= 4 is 17.5 Å². The summed E-state index contributed by atoms with van der Waals surface area (Å²) in [6, 6.07) is 8.49. The van der Waals surface area contributed by atoms with E-state index in [0.717, 1.165) is 0 Å². The Bertz CT molecular complexity index is 732. The monoisotopic (exact) mass is 358 g/mol. The van der Waals surface area contributed by atoms with Crippen LogP contribution in [0.25, 0.3) is 0 Å². The van der Waals surface area contributed by atoms with Crippen molar-refractivity contribution in [3.8, 4) is 0 Å². The first-order valence-corrected chi connectivity index (χ1v) is 8.78. The minimum Gasteiger partial charge on any atom is -0.455 e. The van der Waals surface area contributed by atoms with Crippen molar-refractivity contribution in [2.24, 2.45) is 17.8 Å². The van der Waals surface area contributed by atoms with Crippen LogP contribution in [0.4, 0.5) is 0 Å². The van der Waals surface area contributed by atoms with Crippen LogP contribution in [-0.4, -0.2) is 34.3 Å². The lowest BCUT2D eigenvalue weighted by molar-refractivity contribution is -0.134. The second-order valence-corrected chi connectivity index (χ2v) is 7.19. The van der Waals surface area contributed by atoms with Crippen LogP contribution in [0.3, 0.4) is 0 Å². The van der Waals surface area contributed by atoms with Gasteiger partial charge in [-0.15, -0.1) is 0 Å². The fourth-order valence-corrected chi connectivity index (χ4v) is 4.31. The Labute approximate surface area is 154 Å². The minimum absolute atomic E-state index is 0.151. The number of carbonyl (C=O) groups excluding carboxylic acids is 3. The third kappa shape index (κ3) is 3.49. The first-order valence-electron chi connectivity index (χ1n) is 8.78. The summed E-state index contributed by atoms with van der Waals surface area (Å²) in [5, 5.41) is 11.1. The van der Waals surface area contributed by atoms with E-state index in [-0.39, 0.29) is 17.5 Å². The number of carbonyl (C=O) groups is 3. The number of aliphatic hydroxyl groups is 1. The van der Waals surface area contributed by atoms with Gasteiger partial charge in [-0.25, -0.2) is 4.79 Å². The molecule has 1 N–H and O–H groups in total. The number of hydrogen-bond donors (Lipinski definition) is 1. The maximum atomic E-state index is 12.5. The molecule has 0 aromatic heterocycles. The third-order valence-electron chi connectivity index (χ3n) is 5.37. The standard InChI is InChI=1S/C21H26O5/c1-6-16(13(3)22)17-12(2)19(21(5,25)18(17)14(4)23)26-20(24)15-10-8-7-9-11-15/h6-12,17-19,25H,1-5H3/b16-6-/t12-,17+,18-,19-,21+/m0/s1. The van der Waals surface area contributed by atoms with E-state index in [1.54, 1.807) is 50.3 Å². The predicted octanol–water partition coefficient (Wildman–Crippen LogP) is 2.97. The molecule has 5 atom stereocenters. The average molecular weight is 358 g/mol. The highest BCUT2D eigenvalue weighted by Crippen LogP contribution is 2.49. The maximum Gasteiger partial charge on any atom is 0.338 e. The number of ether oxygens (including phenoxy) is 1. The number of hydrogen-bond acceptors (Lipinski definition) is 5. The van der Waals surface area contributed by atoms with Gasteiger partial charge in [-0.05, 0) is 45.4 Å². The van der Waals surface area contributed by atoms with Gasteiger partial charge in [0.25, 0.3) is 0 Å². The summed E-state index contributed by atoms with van der Waals surface area (Å²) in [6.45, 7) is 7.88. The van der Waals surface area contributed by atoms with Crippen LogP contribution in [0.5, 0.6) is 0 Å². The van der Waals surface area contributed by atoms with E-state index in [4.69, 9.17) is 4.74 Å².